The SMILES string of the molecule is O=C1c2c(-c3ccccc3)c(-c3ccccc3)c(-c3ccccc3)c(-c3ccccc3)c2-c2nc3c(n21)=CCCC=3. The van der Waals surface area contributed by atoms with Crippen molar-refractivity contribution >= 4 is 18.1 Å². The summed E-state index contributed by atoms with van der Waals surface area (Å²) < 4.78 is 1.86. The molecule has 3 nitrogen and oxygen atoms in total. The molecule has 0 amide bonds. The minimum atomic E-state index is -0.0110. The van der Waals surface area contributed by atoms with Crippen LogP contribution in [0.5, 0.6) is 0 Å². The molecule has 1 aliphatic heterocycles. The van der Waals surface area contributed by atoms with Gasteiger partial charge in [-0.25, -0.2) is 4.98 Å². The fourth-order valence-corrected chi connectivity index (χ4v) is 6.48. The summed E-state index contributed by atoms with van der Waals surface area (Å²) in [6.07, 6.45) is 6.16. The van der Waals surface area contributed by atoms with Gasteiger partial charge in [-0.15, -0.1) is 0 Å². The summed E-state index contributed by atoms with van der Waals surface area (Å²) in [4.78, 5) is 19.9. The lowest BCUT2D eigenvalue weighted by Gasteiger charge is -2.24. The van der Waals surface area contributed by atoms with E-state index in [1.807, 2.05) is 34.9 Å². The van der Waals surface area contributed by atoms with E-state index in [0.717, 1.165) is 85.0 Å². The second kappa shape index (κ2) is 9.42. The molecule has 5 aromatic carbocycles. The summed E-state index contributed by atoms with van der Waals surface area (Å²) in [6, 6.07) is 41.9. The highest BCUT2D eigenvalue weighted by molar-refractivity contribution is 6.22. The third-order valence-corrected chi connectivity index (χ3v) is 8.17. The second-order valence-corrected chi connectivity index (χ2v) is 10.5. The van der Waals surface area contributed by atoms with Crippen molar-refractivity contribution in [2.45, 2.75) is 12.8 Å². The predicted octanol–water partition coefficient (Wildman–Crippen LogP) is 7.57. The van der Waals surface area contributed by atoms with E-state index >= 15 is 0 Å². The summed E-state index contributed by atoms with van der Waals surface area (Å²) in [6.45, 7) is 0. The third kappa shape index (κ3) is 3.59. The predicted molar refractivity (Wildman–Crippen MR) is 167 cm³/mol. The number of aromatic nitrogens is 2. The van der Waals surface area contributed by atoms with Crippen molar-refractivity contribution in [2.24, 2.45) is 0 Å². The highest BCUT2D eigenvalue weighted by Gasteiger charge is 2.39. The highest BCUT2D eigenvalue weighted by atomic mass is 16.2. The van der Waals surface area contributed by atoms with Crippen LogP contribution in [-0.4, -0.2) is 15.5 Å². The van der Waals surface area contributed by atoms with Gasteiger partial charge in [0.25, 0.3) is 5.91 Å². The zero-order chi connectivity index (χ0) is 27.3. The maximum absolute atomic E-state index is 14.7. The van der Waals surface area contributed by atoms with E-state index in [1.165, 1.54) is 0 Å². The molecular weight excluding hydrogens is 500 g/mol. The van der Waals surface area contributed by atoms with Crippen molar-refractivity contribution in [1.82, 2.24) is 9.55 Å². The number of nitrogens with zero attached hydrogens (tertiary/aromatic N) is 2. The van der Waals surface area contributed by atoms with E-state index < -0.39 is 0 Å². The molecule has 2 heterocycles. The summed E-state index contributed by atoms with van der Waals surface area (Å²) in [5.41, 5.74) is 10.1. The zero-order valence-electron chi connectivity index (χ0n) is 22.4. The first-order valence-corrected chi connectivity index (χ1v) is 14.1. The van der Waals surface area contributed by atoms with Gasteiger partial charge in [0.2, 0.25) is 0 Å². The van der Waals surface area contributed by atoms with Crippen LogP contribution in [0.1, 0.15) is 23.2 Å². The molecule has 1 aromatic heterocycles. The van der Waals surface area contributed by atoms with Gasteiger partial charge in [-0.3, -0.25) is 9.36 Å². The van der Waals surface area contributed by atoms with Crippen molar-refractivity contribution in [3.8, 4) is 55.9 Å². The van der Waals surface area contributed by atoms with E-state index in [-0.39, 0.29) is 5.91 Å². The van der Waals surface area contributed by atoms with Gasteiger partial charge in [-0.05, 0) is 46.2 Å². The maximum atomic E-state index is 14.7. The van der Waals surface area contributed by atoms with Crippen LogP contribution in [0.2, 0.25) is 0 Å². The van der Waals surface area contributed by atoms with E-state index in [4.69, 9.17) is 4.98 Å². The third-order valence-electron chi connectivity index (χ3n) is 8.17. The zero-order valence-corrected chi connectivity index (χ0v) is 22.4. The molecule has 0 spiro atoms. The Balaban J connectivity index is 1.66. The van der Waals surface area contributed by atoms with E-state index in [2.05, 4.69) is 103 Å². The standard InChI is InChI=1S/C38H26N2O/c41-38-36-34(28-21-11-4-12-22-28)32(26-17-7-2-8-18-26)31(25-15-5-1-6-16-25)33(27-19-9-3-10-20-27)35(36)37-39-29-23-13-14-24-30(29)40(37)38/h1-12,15-24H,13-14H2. The number of carbonyl (C=O) groups excluding carboxylic acids is 1. The average Bonchev–Trinajstić information content (AvgIpc) is 3.56. The van der Waals surface area contributed by atoms with Crippen LogP contribution in [0.3, 0.4) is 0 Å². The number of imidazole rings is 1. The molecule has 3 heteroatoms. The van der Waals surface area contributed by atoms with Crippen LogP contribution < -0.4 is 10.7 Å². The van der Waals surface area contributed by atoms with Gasteiger partial charge in [-0.1, -0.05) is 133 Å². The molecule has 0 N–H and O–H groups in total. The minimum absolute atomic E-state index is 0.0110. The van der Waals surface area contributed by atoms with Gasteiger partial charge in [0.15, 0.2) is 0 Å². The molecule has 194 valence electrons. The Morgan fingerprint density at radius 3 is 1.32 bits per heavy atom. The van der Waals surface area contributed by atoms with Crippen LogP contribution in [0.25, 0.3) is 68.0 Å². The molecular formula is C38H26N2O. The molecule has 0 saturated carbocycles. The minimum Gasteiger partial charge on any atom is -0.268 e. The molecule has 41 heavy (non-hydrogen) atoms. The molecule has 6 aromatic rings. The van der Waals surface area contributed by atoms with Crippen LogP contribution in [0, 0.1) is 0 Å². The topological polar surface area (TPSA) is 34.9 Å². The normalized spacial score (nSPS) is 13.1. The lowest BCUT2D eigenvalue weighted by Crippen LogP contribution is -2.34. The number of hydrogen-bond acceptors (Lipinski definition) is 2. The number of benzene rings is 5. The molecule has 0 saturated heterocycles. The first kappa shape index (κ1) is 23.6. The molecule has 0 bridgehead atoms. The smallest absolute Gasteiger partial charge is 0.265 e. The molecule has 0 unspecified atom stereocenters. The van der Waals surface area contributed by atoms with Crippen molar-refractivity contribution in [2.75, 3.05) is 0 Å². The van der Waals surface area contributed by atoms with Crippen LogP contribution in [0.15, 0.2) is 121 Å². The Morgan fingerprint density at radius 1 is 0.463 bits per heavy atom. The Labute approximate surface area is 238 Å². The molecule has 0 fully saturated rings. The fourth-order valence-electron chi connectivity index (χ4n) is 6.48. The van der Waals surface area contributed by atoms with E-state index in [0.29, 0.717) is 0 Å². The van der Waals surface area contributed by atoms with Crippen molar-refractivity contribution in [3.63, 3.8) is 0 Å². The quantitative estimate of drug-likeness (QED) is 0.237. The maximum Gasteiger partial charge on any atom is 0.265 e. The van der Waals surface area contributed by atoms with Crippen molar-refractivity contribution < 1.29 is 4.79 Å². The molecule has 8 rings (SSSR count). The van der Waals surface area contributed by atoms with Gasteiger partial charge in [0, 0.05) is 16.7 Å². The lowest BCUT2D eigenvalue weighted by molar-refractivity contribution is 0.0966. The first-order valence-electron chi connectivity index (χ1n) is 14.1. The second-order valence-electron chi connectivity index (χ2n) is 10.5. The number of rotatable bonds is 4. The monoisotopic (exact) mass is 526 g/mol. The van der Waals surface area contributed by atoms with Crippen molar-refractivity contribution in [3.05, 3.63) is 138 Å². The molecule has 0 radical (unpaired) electrons. The van der Waals surface area contributed by atoms with Gasteiger partial charge in [-0.2, -0.15) is 0 Å². The van der Waals surface area contributed by atoms with Gasteiger partial charge in [0.05, 0.1) is 16.3 Å². The van der Waals surface area contributed by atoms with Gasteiger partial charge >= 0.3 is 0 Å². The Kier molecular flexibility index (Phi) is 5.42. The molecule has 2 aliphatic rings. The fraction of sp³-hybridized carbons (Fsp3) is 0.0526. The van der Waals surface area contributed by atoms with Crippen LogP contribution in [0.4, 0.5) is 0 Å². The van der Waals surface area contributed by atoms with Gasteiger partial charge in [0.1, 0.15) is 5.82 Å². The molecule has 0 atom stereocenters. The van der Waals surface area contributed by atoms with Crippen LogP contribution in [-0.2, 0) is 0 Å². The average molecular weight is 527 g/mol. The largest absolute Gasteiger partial charge is 0.268 e. The van der Waals surface area contributed by atoms with E-state index in [9.17, 15) is 4.79 Å². The summed E-state index contributed by atoms with van der Waals surface area (Å²) in [5, 5.41) is 1.81. The summed E-state index contributed by atoms with van der Waals surface area (Å²) in [7, 11) is 0. The number of hydrogen-bond donors (Lipinski definition) is 0. The lowest BCUT2D eigenvalue weighted by atomic mass is 9.77. The first-order chi connectivity index (χ1) is 20.3. The van der Waals surface area contributed by atoms with E-state index in [1.54, 1.807) is 0 Å². The van der Waals surface area contributed by atoms with Crippen LogP contribution >= 0.6 is 0 Å². The Hall–Kier alpha value is -5.28. The van der Waals surface area contributed by atoms with Gasteiger partial charge < -0.3 is 0 Å². The Bertz CT molecular complexity index is 2080. The highest BCUT2D eigenvalue weighted by Crippen LogP contribution is 2.54. The number of fused-ring (bicyclic) bond motifs is 5. The summed E-state index contributed by atoms with van der Waals surface area (Å²) >= 11 is 0. The summed E-state index contributed by atoms with van der Waals surface area (Å²) in [5.74, 6) is 0.723. The molecule has 1 aliphatic carbocycles. The Morgan fingerprint density at radius 2 is 0.854 bits per heavy atom. The van der Waals surface area contributed by atoms with Crippen molar-refractivity contribution in [1.29, 1.82) is 0 Å². The number of carbonyl (C=O) groups is 1.